The molecule has 0 fully saturated rings. The molecule has 0 saturated carbocycles. The fraction of sp³-hybridized carbons (Fsp3) is 0.200. The smallest absolute Gasteiger partial charge is 0.258 e. The Bertz CT molecular complexity index is 744. The minimum atomic E-state index is -0.475. The lowest BCUT2D eigenvalue weighted by atomic mass is 10.0. The van der Waals surface area contributed by atoms with Crippen molar-refractivity contribution in [3.63, 3.8) is 0 Å². The quantitative estimate of drug-likeness (QED) is 0.493. The fourth-order valence-electron chi connectivity index (χ4n) is 2.44. The maximum absolute atomic E-state index is 11.0. The summed E-state index contributed by atoms with van der Waals surface area (Å²) in [6, 6.07) is 6.28. The van der Waals surface area contributed by atoms with Crippen LogP contribution in [-0.4, -0.2) is 14.9 Å². The zero-order valence-corrected chi connectivity index (χ0v) is 11.9. The van der Waals surface area contributed by atoms with Crippen LogP contribution >= 0.6 is 11.6 Å². The number of aryl methyl sites for hydroxylation is 2. The van der Waals surface area contributed by atoms with Gasteiger partial charge in [-0.1, -0.05) is 30.4 Å². The van der Waals surface area contributed by atoms with E-state index in [9.17, 15) is 10.1 Å². The van der Waals surface area contributed by atoms with Crippen LogP contribution < -0.4 is 0 Å². The summed E-state index contributed by atoms with van der Waals surface area (Å²) in [7, 11) is 0. The Balaban J connectivity index is 1.80. The molecule has 0 atom stereocenters. The first-order valence-corrected chi connectivity index (χ1v) is 6.95. The van der Waals surface area contributed by atoms with Crippen LogP contribution in [-0.2, 0) is 19.3 Å². The van der Waals surface area contributed by atoms with E-state index in [1.54, 1.807) is 0 Å². The van der Waals surface area contributed by atoms with Crippen molar-refractivity contribution in [2.75, 3.05) is 0 Å². The molecule has 6 heteroatoms. The molecule has 0 saturated heterocycles. The van der Waals surface area contributed by atoms with Gasteiger partial charge in [0.15, 0.2) is 0 Å². The van der Waals surface area contributed by atoms with Gasteiger partial charge >= 0.3 is 5.69 Å². The second-order valence-corrected chi connectivity index (χ2v) is 5.21. The first-order chi connectivity index (χ1) is 10.1. The number of allylic oxidation sites excluding steroid dienone is 1. The number of hydrogen-bond acceptors (Lipinski definition) is 4. The number of nitrogens with zero attached hydrogens (tertiary/aromatic N) is 3. The maximum Gasteiger partial charge on any atom is 0.308 e. The third-order valence-corrected chi connectivity index (χ3v) is 3.69. The molecular formula is C15H12ClN3O2. The molecule has 1 aliphatic carbocycles. The average Bonchev–Trinajstić information content (AvgIpc) is 2.92. The summed E-state index contributed by atoms with van der Waals surface area (Å²) in [5.74, 6) is 0. The van der Waals surface area contributed by atoms with Crippen molar-refractivity contribution in [2.24, 2.45) is 0 Å². The van der Waals surface area contributed by atoms with Gasteiger partial charge in [0, 0.05) is 6.42 Å². The highest BCUT2D eigenvalue weighted by atomic mass is 35.5. The van der Waals surface area contributed by atoms with Crippen molar-refractivity contribution in [1.29, 1.82) is 0 Å². The Morgan fingerprint density at radius 3 is 3.00 bits per heavy atom. The fourth-order valence-corrected chi connectivity index (χ4v) is 2.59. The average molecular weight is 302 g/mol. The van der Waals surface area contributed by atoms with Crippen molar-refractivity contribution in [1.82, 2.24) is 9.97 Å². The minimum absolute atomic E-state index is 0.0347. The maximum atomic E-state index is 11.0. The Morgan fingerprint density at radius 2 is 2.19 bits per heavy atom. The van der Waals surface area contributed by atoms with Crippen LogP contribution in [0.15, 0.2) is 30.5 Å². The Morgan fingerprint density at radius 1 is 1.33 bits per heavy atom. The summed E-state index contributed by atoms with van der Waals surface area (Å²) in [6.45, 7) is 0. The Hall–Kier alpha value is -2.27. The Kier molecular flexibility index (Phi) is 3.66. The number of fused-ring (bicyclic) bond motifs is 1. The molecule has 1 aromatic heterocycles. The molecule has 1 aromatic carbocycles. The number of benzene rings is 1. The van der Waals surface area contributed by atoms with Crippen LogP contribution in [0.3, 0.4) is 0 Å². The molecule has 1 heterocycles. The highest BCUT2D eigenvalue weighted by Gasteiger charge is 2.16. The molecule has 0 amide bonds. The number of halogens is 1. The first-order valence-electron chi connectivity index (χ1n) is 6.57. The molecule has 1 aliphatic rings. The van der Waals surface area contributed by atoms with Crippen molar-refractivity contribution in [2.45, 2.75) is 19.3 Å². The summed E-state index contributed by atoms with van der Waals surface area (Å²) >= 11 is 5.73. The van der Waals surface area contributed by atoms with Crippen LogP contribution in [0.25, 0.3) is 6.08 Å². The summed E-state index contributed by atoms with van der Waals surface area (Å²) < 4.78 is 0. The van der Waals surface area contributed by atoms with Crippen LogP contribution in [0.1, 0.15) is 22.4 Å². The second kappa shape index (κ2) is 5.61. The van der Waals surface area contributed by atoms with Gasteiger partial charge in [-0.25, -0.2) is 9.97 Å². The van der Waals surface area contributed by atoms with Gasteiger partial charge in [-0.15, -0.1) is 0 Å². The van der Waals surface area contributed by atoms with Crippen LogP contribution in [0, 0.1) is 10.1 Å². The van der Waals surface area contributed by atoms with Gasteiger partial charge in [0.25, 0.3) is 0 Å². The summed E-state index contributed by atoms with van der Waals surface area (Å²) in [5, 5.41) is 11.0. The largest absolute Gasteiger partial charge is 0.308 e. The van der Waals surface area contributed by atoms with E-state index < -0.39 is 4.92 Å². The number of rotatable bonds is 4. The highest BCUT2D eigenvalue weighted by molar-refractivity contribution is 6.28. The third-order valence-electron chi connectivity index (χ3n) is 3.51. The van der Waals surface area contributed by atoms with Gasteiger partial charge in [-0.05, 0) is 41.1 Å². The zero-order valence-electron chi connectivity index (χ0n) is 11.1. The van der Waals surface area contributed by atoms with Crippen LogP contribution in [0.5, 0.6) is 0 Å². The van der Waals surface area contributed by atoms with E-state index in [0.29, 0.717) is 18.5 Å². The van der Waals surface area contributed by atoms with E-state index in [2.05, 4.69) is 40.3 Å². The third kappa shape index (κ3) is 2.92. The normalized spacial score (nSPS) is 12.4. The van der Waals surface area contributed by atoms with E-state index >= 15 is 0 Å². The zero-order chi connectivity index (χ0) is 14.8. The van der Waals surface area contributed by atoms with E-state index in [4.69, 9.17) is 11.6 Å². The summed E-state index contributed by atoms with van der Waals surface area (Å²) in [6.07, 6.45) is 7.50. The molecule has 0 unspecified atom stereocenters. The lowest BCUT2D eigenvalue weighted by Crippen LogP contribution is -2.02. The first kappa shape index (κ1) is 13.7. The number of aromatic nitrogens is 2. The molecular weight excluding hydrogens is 290 g/mol. The molecule has 0 aliphatic heterocycles. The van der Waals surface area contributed by atoms with Crippen molar-refractivity contribution >= 4 is 23.4 Å². The van der Waals surface area contributed by atoms with Gasteiger partial charge < -0.3 is 0 Å². The lowest BCUT2D eigenvalue weighted by molar-refractivity contribution is -0.386. The molecule has 0 radical (unpaired) electrons. The van der Waals surface area contributed by atoms with E-state index in [-0.39, 0.29) is 11.0 Å². The van der Waals surface area contributed by atoms with Crippen molar-refractivity contribution < 1.29 is 4.92 Å². The van der Waals surface area contributed by atoms with E-state index in [1.807, 2.05) is 0 Å². The second-order valence-electron chi connectivity index (χ2n) is 4.87. The molecule has 5 nitrogen and oxygen atoms in total. The van der Waals surface area contributed by atoms with Gasteiger partial charge in [-0.3, -0.25) is 10.1 Å². The highest BCUT2D eigenvalue weighted by Crippen LogP contribution is 2.23. The van der Waals surface area contributed by atoms with Crippen molar-refractivity contribution in [3.8, 4) is 0 Å². The predicted molar refractivity (Wildman–Crippen MR) is 80.3 cm³/mol. The van der Waals surface area contributed by atoms with Gasteiger partial charge in [-0.2, -0.15) is 0 Å². The molecule has 21 heavy (non-hydrogen) atoms. The van der Waals surface area contributed by atoms with E-state index in [0.717, 1.165) is 18.2 Å². The van der Waals surface area contributed by atoms with E-state index in [1.165, 1.54) is 11.1 Å². The van der Waals surface area contributed by atoms with Crippen LogP contribution in [0.4, 0.5) is 5.69 Å². The Labute approximate surface area is 126 Å². The summed E-state index contributed by atoms with van der Waals surface area (Å²) in [5.41, 5.74) is 3.96. The SMILES string of the molecule is O=[N+]([O-])c1cnc(Cl)nc1CCc1ccc2c(c1)C=CC2. The number of hydrogen-bond donors (Lipinski definition) is 0. The lowest BCUT2D eigenvalue weighted by Gasteiger charge is -2.05. The molecule has 0 bridgehead atoms. The molecule has 3 rings (SSSR count). The topological polar surface area (TPSA) is 68.9 Å². The monoisotopic (exact) mass is 301 g/mol. The molecule has 2 aromatic rings. The standard InChI is InChI=1S/C15H12ClN3O2/c16-15-17-9-14(19(20)21)13(18-15)7-5-10-4-6-11-2-1-3-12(11)8-10/h1,3-4,6,8-9H,2,5,7H2. The van der Waals surface area contributed by atoms with Crippen LogP contribution in [0.2, 0.25) is 5.28 Å². The molecule has 106 valence electrons. The van der Waals surface area contributed by atoms with Crippen molar-refractivity contribution in [3.05, 3.63) is 68.3 Å². The summed E-state index contributed by atoms with van der Waals surface area (Å²) in [4.78, 5) is 18.1. The predicted octanol–water partition coefficient (Wildman–Crippen LogP) is 3.39. The molecule has 0 N–H and O–H groups in total. The van der Waals surface area contributed by atoms with Gasteiger partial charge in [0.1, 0.15) is 11.9 Å². The molecule has 0 spiro atoms. The minimum Gasteiger partial charge on any atom is -0.258 e. The number of nitro groups is 1. The van der Waals surface area contributed by atoms with Gasteiger partial charge in [0.05, 0.1) is 4.92 Å². The van der Waals surface area contributed by atoms with Gasteiger partial charge in [0.2, 0.25) is 5.28 Å².